The summed E-state index contributed by atoms with van der Waals surface area (Å²) in [5.41, 5.74) is 1.13. The zero-order valence-corrected chi connectivity index (χ0v) is 10.2. The van der Waals surface area contributed by atoms with Crippen molar-refractivity contribution in [2.75, 3.05) is 6.61 Å². The van der Waals surface area contributed by atoms with E-state index in [0.29, 0.717) is 12.5 Å². The first-order valence-corrected chi connectivity index (χ1v) is 6.48. The van der Waals surface area contributed by atoms with Crippen molar-refractivity contribution < 1.29 is 9.53 Å². The van der Waals surface area contributed by atoms with Crippen LogP contribution in [0.15, 0.2) is 30.3 Å². The summed E-state index contributed by atoms with van der Waals surface area (Å²) < 4.78 is 5.44. The highest BCUT2D eigenvalue weighted by Gasteiger charge is 2.18. The topological polar surface area (TPSA) is 26.3 Å². The molecule has 0 saturated heterocycles. The van der Waals surface area contributed by atoms with Crippen molar-refractivity contribution in [2.24, 2.45) is 5.92 Å². The first-order chi connectivity index (χ1) is 8.34. The first kappa shape index (κ1) is 12.3. The molecular weight excluding hydrogens is 212 g/mol. The molecule has 2 nitrogen and oxygen atoms in total. The molecule has 1 aliphatic carbocycles. The maximum absolute atomic E-state index is 11.7. The smallest absolute Gasteiger partial charge is 0.158 e. The van der Waals surface area contributed by atoms with Crippen LogP contribution in [0.4, 0.5) is 0 Å². The summed E-state index contributed by atoms with van der Waals surface area (Å²) in [6.45, 7) is 0.808. The Morgan fingerprint density at radius 1 is 1.18 bits per heavy atom. The van der Waals surface area contributed by atoms with Gasteiger partial charge in [-0.15, -0.1) is 0 Å². The number of ether oxygens (including phenoxy) is 1. The molecule has 2 rings (SSSR count). The van der Waals surface area contributed by atoms with Gasteiger partial charge in [0.1, 0.15) is 6.61 Å². The SMILES string of the molecule is O=C(COCc1ccccc1)CC1CCCC1. The predicted octanol–water partition coefficient (Wildman–Crippen LogP) is 3.35. The van der Waals surface area contributed by atoms with Gasteiger partial charge in [-0.2, -0.15) is 0 Å². The minimum absolute atomic E-state index is 0.257. The van der Waals surface area contributed by atoms with E-state index in [9.17, 15) is 4.79 Å². The van der Waals surface area contributed by atoms with Gasteiger partial charge >= 0.3 is 0 Å². The molecule has 0 aliphatic heterocycles. The molecule has 0 atom stereocenters. The number of hydrogen-bond acceptors (Lipinski definition) is 2. The Bertz CT molecular complexity index is 339. The van der Waals surface area contributed by atoms with Gasteiger partial charge in [-0.3, -0.25) is 4.79 Å². The molecule has 1 fully saturated rings. The van der Waals surface area contributed by atoms with Crippen molar-refractivity contribution in [1.29, 1.82) is 0 Å². The molecule has 0 amide bonds. The molecule has 1 saturated carbocycles. The maximum Gasteiger partial charge on any atom is 0.158 e. The number of rotatable bonds is 6. The van der Waals surface area contributed by atoms with E-state index in [0.717, 1.165) is 12.0 Å². The van der Waals surface area contributed by atoms with Crippen LogP contribution in [-0.4, -0.2) is 12.4 Å². The molecular formula is C15H20O2. The number of hydrogen-bond donors (Lipinski definition) is 0. The van der Waals surface area contributed by atoms with Crippen LogP contribution < -0.4 is 0 Å². The van der Waals surface area contributed by atoms with Crippen molar-refractivity contribution in [3.8, 4) is 0 Å². The van der Waals surface area contributed by atoms with Crippen molar-refractivity contribution >= 4 is 5.78 Å². The Hall–Kier alpha value is -1.15. The first-order valence-electron chi connectivity index (χ1n) is 6.48. The molecule has 0 radical (unpaired) electrons. The second-order valence-electron chi connectivity index (χ2n) is 4.87. The minimum Gasteiger partial charge on any atom is -0.369 e. The Kier molecular flexibility index (Phi) is 4.75. The molecule has 0 bridgehead atoms. The summed E-state index contributed by atoms with van der Waals surface area (Å²) in [6, 6.07) is 9.98. The lowest BCUT2D eigenvalue weighted by atomic mass is 10.0. The maximum atomic E-state index is 11.7. The third-order valence-electron chi connectivity index (χ3n) is 3.37. The molecule has 17 heavy (non-hydrogen) atoms. The number of Topliss-reactive ketones (excluding diaryl/α,β-unsaturated/α-hetero) is 1. The molecule has 0 spiro atoms. The number of carbonyl (C=O) groups excluding carboxylic acids is 1. The molecule has 0 unspecified atom stereocenters. The highest BCUT2D eigenvalue weighted by atomic mass is 16.5. The summed E-state index contributed by atoms with van der Waals surface area (Å²) in [4.78, 5) is 11.7. The molecule has 2 heteroatoms. The van der Waals surface area contributed by atoms with E-state index < -0.39 is 0 Å². The average Bonchev–Trinajstić information content (AvgIpc) is 2.83. The molecule has 0 N–H and O–H groups in total. The standard InChI is InChI=1S/C15H20O2/c16-15(10-13-6-4-5-7-13)12-17-11-14-8-2-1-3-9-14/h1-3,8-9,13H,4-7,10-12H2. The van der Waals surface area contributed by atoms with E-state index >= 15 is 0 Å². The van der Waals surface area contributed by atoms with Crippen molar-refractivity contribution in [3.05, 3.63) is 35.9 Å². The van der Waals surface area contributed by atoms with Gasteiger partial charge in [0, 0.05) is 6.42 Å². The summed E-state index contributed by atoms with van der Waals surface area (Å²) in [7, 11) is 0. The Balaban J connectivity index is 1.63. The molecule has 1 aromatic rings. The van der Waals surface area contributed by atoms with Crippen LogP contribution in [0.1, 0.15) is 37.7 Å². The average molecular weight is 232 g/mol. The summed E-state index contributed by atoms with van der Waals surface area (Å²) >= 11 is 0. The minimum atomic E-state index is 0.257. The van der Waals surface area contributed by atoms with Gasteiger partial charge in [-0.05, 0) is 11.5 Å². The number of carbonyl (C=O) groups is 1. The Labute approximate surface area is 103 Å². The highest BCUT2D eigenvalue weighted by molar-refractivity contribution is 5.79. The van der Waals surface area contributed by atoms with Gasteiger partial charge in [0.2, 0.25) is 0 Å². The molecule has 92 valence electrons. The van der Waals surface area contributed by atoms with Crippen LogP contribution in [0, 0.1) is 5.92 Å². The van der Waals surface area contributed by atoms with Gasteiger partial charge in [-0.1, -0.05) is 56.0 Å². The molecule has 0 heterocycles. The van der Waals surface area contributed by atoms with Crippen LogP contribution >= 0.6 is 0 Å². The lowest BCUT2D eigenvalue weighted by molar-refractivity contribution is -0.124. The molecule has 0 aromatic heterocycles. The van der Waals surface area contributed by atoms with Crippen molar-refractivity contribution in [3.63, 3.8) is 0 Å². The zero-order chi connectivity index (χ0) is 11.9. The Morgan fingerprint density at radius 2 is 1.88 bits per heavy atom. The summed E-state index contributed by atoms with van der Waals surface area (Å²) in [5, 5.41) is 0. The fourth-order valence-electron chi connectivity index (χ4n) is 2.45. The quantitative estimate of drug-likeness (QED) is 0.751. The fourth-order valence-corrected chi connectivity index (χ4v) is 2.45. The van der Waals surface area contributed by atoms with Gasteiger partial charge in [-0.25, -0.2) is 0 Å². The van der Waals surface area contributed by atoms with E-state index in [-0.39, 0.29) is 12.4 Å². The monoisotopic (exact) mass is 232 g/mol. The van der Waals surface area contributed by atoms with Crippen LogP contribution in [-0.2, 0) is 16.1 Å². The third-order valence-corrected chi connectivity index (χ3v) is 3.37. The normalized spacial score (nSPS) is 16.2. The lowest BCUT2D eigenvalue weighted by Crippen LogP contribution is -2.12. The van der Waals surface area contributed by atoms with Gasteiger partial charge in [0.25, 0.3) is 0 Å². The van der Waals surface area contributed by atoms with E-state index in [1.165, 1.54) is 25.7 Å². The largest absolute Gasteiger partial charge is 0.369 e. The van der Waals surface area contributed by atoms with Crippen LogP contribution in [0.3, 0.4) is 0 Å². The Morgan fingerprint density at radius 3 is 2.59 bits per heavy atom. The van der Waals surface area contributed by atoms with Gasteiger partial charge < -0.3 is 4.74 Å². The molecule has 1 aromatic carbocycles. The van der Waals surface area contributed by atoms with Crippen molar-refractivity contribution in [1.82, 2.24) is 0 Å². The second kappa shape index (κ2) is 6.55. The third kappa shape index (κ3) is 4.31. The highest BCUT2D eigenvalue weighted by Crippen LogP contribution is 2.27. The molecule has 1 aliphatic rings. The van der Waals surface area contributed by atoms with E-state index in [2.05, 4.69) is 0 Å². The fraction of sp³-hybridized carbons (Fsp3) is 0.533. The lowest BCUT2D eigenvalue weighted by Gasteiger charge is -2.08. The van der Waals surface area contributed by atoms with E-state index in [4.69, 9.17) is 4.74 Å². The van der Waals surface area contributed by atoms with E-state index in [1.807, 2.05) is 30.3 Å². The second-order valence-corrected chi connectivity index (χ2v) is 4.87. The van der Waals surface area contributed by atoms with Gasteiger partial charge in [0.15, 0.2) is 5.78 Å². The number of benzene rings is 1. The van der Waals surface area contributed by atoms with Crippen LogP contribution in [0.5, 0.6) is 0 Å². The zero-order valence-electron chi connectivity index (χ0n) is 10.2. The van der Waals surface area contributed by atoms with Gasteiger partial charge in [0.05, 0.1) is 6.61 Å². The van der Waals surface area contributed by atoms with Crippen LogP contribution in [0.2, 0.25) is 0 Å². The number of ketones is 1. The van der Waals surface area contributed by atoms with Crippen LogP contribution in [0.25, 0.3) is 0 Å². The summed E-state index contributed by atoms with van der Waals surface area (Å²) in [6.07, 6.45) is 5.76. The predicted molar refractivity (Wildman–Crippen MR) is 67.7 cm³/mol. The summed E-state index contributed by atoms with van der Waals surface area (Å²) in [5.74, 6) is 0.885. The van der Waals surface area contributed by atoms with Crippen molar-refractivity contribution in [2.45, 2.75) is 38.7 Å². The van der Waals surface area contributed by atoms with E-state index in [1.54, 1.807) is 0 Å².